The van der Waals surface area contributed by atoms with Crippen molar-refractivity contribution in [2.45, 2.75) is 44.1 Å². The Kier molecular flexibility index (Phi) is 3.95. The molecule has 3 aliphatic rings. The van der Waals surface area contributed by atoms with E-state index in [0.29, 0.717) is 24.9 Å². The number of hydrogen-bond acceptors (Lipinski definition) is 5. The molecule has 0 bridgehead atoms. The zero-order valence-corrected chi connectivity index (χ0v) is 15.1. The van der Waals surface area contributed by atoms with Crippen molar-refractivity contribution in [3.05, 3.63) is 42.0 Å². The van der Waals surface area contributed by atoms with Crippen LogP contribution >= 0.6 is 0 Å². The van der Waals surface area contributed by atoms with Crippen LogP contribution in [0.2, 0.25) is 0 Å². The lowest BCUT2D eigenvalue weighted by Crippen LogP contribution is -2.37. The highest BCUT2D eigenvalue weighted by atomic mass is 16.5. The van der Waals surface area contributed by atoms with Gasteiger partial charge in [-0.2, -0.15) is 4.98 Å². The Morgan fingerprint density at radius 2 is 1.96 bits per heavy atom. The summed E-state index contributed by atoms with van der Waals surface area (Å²) in [6.45, 7) is 1.11. The van der Waals surface area contributed by atoms with E-state index in [1.54, 1.807) is 4.90 Å². The van der Waals surface area contributed by atoms with E-state index in [2.05, 4.69) is 10.1 Å². The molecule has 3 fully saturated rings. The number of aromatic nitrogens is 2. The van der Waals surface area contributed by atoms with Crippen molar-refractivity contribution < 1.29 is 14.1 Å². The summed E-state index contributed by atoms with van der Waals surface area (Å²) >= 11 is 0. The third kappa shape index (κ3) is 3.01. The molecule has 5 rings (SSSR count). The van der Waals surface area contributed by atoms with Gasteiger partial charge < -0.3 is 14.3 Å². The van der Waals surface area contributed by atoms with E-state index in [4.69, 9.17) is 4.52 Å². The van der Waals surface area contributed by atoms with E-state index in [-0.39, 0.29) is 30.2 Å². The lowest BCUT2D eigenvalue weighted by molar-refractivity contribution is -0.137. The highest BCUT2D eigenvalue weighted by molar-refractivity contribution is 6.00. The number of para-hydroxylation sites is 1. The van der Waals surface area contributed by atoms with Gasteiger partial charge in [-0.05, 0) is 37.8 Å². The third-order valence-corrected chi connectivity index (χ3v) is 5.76. The van der Waals surface area contributed by atoms with Crippen molar-refractivity contribution in [2.24, 2.45) is 5.92 Å². The fourth-order valence-electron chi connectivity index (χ4n) is 4.14. The van der Waals surface area contributed by atoms with Gasteiger partial charge in [-0.15, -0.1) is 0 Å². The molecule has 0 N–H and O–H groups in total. The first-order valence-electron chi connectivity index (χ1n) is 9.70. The molecule has 0 radical (unpaired) electrons. The number of carbonyl (C=O) groups excluding carboxylic acids is 2. The summed E-state index contributed by atoms with van der Waals surface area (Å²) in [5.41, 5.74) is 0.849. The van der Waals surface area contributed by atoms with Crippen molar-refractivity contribution in [3.63, 3.8) is 0 Å². The fourth-order valence-corrected chi connectivity index (χ4v) is 4.14. The number of rotatable bonds is 4. The summed E-state index contributed by atoms with van der Waals surface area (Å²) in [6.07, 6.45) is 4.24. The summed E-state index contributed by atoms with van der Waals surface area (Å²) in [6, 6.07) is 9.38. The standard InChI is InChI=1S/C20H22N4O3/c25-17-11-14(12-24(17)15-5-2-1-3-6-15)20(26)23-10-4-7-16(23)19-21-18(22-27-19)13-8-9-13/h1-3,5-6,13-14,16H,4,7-12H2. The van der Waals surface area contributed by atoms with Gasteiger partial charge in [0.2, 0.25) is 17.7 Å². The lowest BCUT2D eigenvalue weighted by Gasteiger charge is -2.25. The molecular weight excluding hydrogens is 344 g/mol. The Morgan fingerprint density at radius 1 is 1.15 bits per heavy atom. The highest BCUT2D eigenvalue weighted by Crippen LogP contribution is 2.40. The zero-order valence-electron chi connectivity index (χ0n) is 15.1. The largest absolute Gasteiger partial charge is 0.337 e. The third-order valence-electron chi connectivity index (χ3n) is 5.76. The predicted octanol–water partition coefficient (Wildman–Crippen LogP) is 2.66. The van der Waals surface area contributed by atoms with Crippen LogP contribution < -0.4 is 4.90 Å². The minimum atomic E-state index is -0.316. The maximum atomic E-state index is 13.2. The maximum absolute atomic E-state index is 13.2. The first kappa shape index (κ1) is 16.5. The molecule has 1 saturated carbocycles. The highest BCUT2D eigenvalue weighted by Gasteiger charge is 2.42. The molecule has 2 aromatic rings. The number of anilines is 1. The number of amides is 2. The minimum absolute atomic E-state index is 0.00380. The molecule has 0 spiro atoms. The summed E-state index contributed by atoms with van der Waals surface area (Å²) in [7, 11) is 0. The van der Waals surface area contributed by atoms with Crippen LogP contribution in [0.15, 0.2) is 34.9 Å². The average molecular weight is 366 g/mol. The molecule has 1 aliphatic carbocycles. The molecule has 7 heteroatoms. The van der Waals surface area contributed by atoms with Crippen molar-refractivity contribution in [2.75, 3.05) is 18.0 Å². The minimum Gasteiger partial charge on any atom is -0.337 e. The molecule has 2 atom stereocenters. The van der Waals surface area contributed by atoms with Gasteiger partial charge in [-0.25, -0.2) is 0 Å². The summed E-state index contributed by atoms with van der Waals surface area (Å²) in [4.78, 5) is 33.7. The van der Waals surface area contributed by atoms with Crippen LogP contribution in [0.3, 0.4) is 0 Å². The maximum Gasteiger partial charge on any atom is 0.249 e. The van der Waals surface area contributed by atoms with Crippen LogP contribution in [0, 0.1) is 5.92 Å². The van der Waals surface area contributed by atoms with Crippen LogP contribution in [0.1, 0.15) is 55.8 Å². The Morgan fingerprint density at radius 3 is 2.74 bits per heavy atom. The number of benzene rings is 1. The monoisotopic (exact) mass is 366 g/mol. The molecule has 1 aromatic carbocycles. The molecule has 140 valence electrons. The Hall–Kier alpha value is -2.70. The quantitative estimate of drug-likeness (QED) is 0.831. The van der Waals surface area contributed by atoms with E-state index in [1.165, 1.54) is 0 Å². The average Bonchev–Trinajstić information content (AvgIpc) is 3.11. The van der Waals surface area contributed by atoms with E-state index >= 15 is 0 Å². The van der Waals surface area contributed by atoms with Gasteiger partial charge >= 0.3 is 0 Å². The van der Waals surface area contributed by atoms with Crippen LogP contribution in [0.25, 0.3) is 0 Å². The zero-order chi connectivity index (χ0) is 18.4. The van der Waals surface area contributed by atoms with Crippen LogP contribution in [-0.2, 0) is 9.59 Å². The Labute approximate surface area is 157 Å². The van der Waals surface area contributed by atoms with Gasteiger partial charge in [0.15, 0.2) is 5.82 Å². The second-order valence-corrected chi connectivity index (χ2v) is 7.70. The van der Waals surface area contributed by atoms with E-state index in [1.807, 2.05) is 35.2 Å². The molecular formula is C20H22N4O3. The van der Waals surface area contributed by atoms with Gasteiger partial charge in [-0.1, -0.05) is 23.4 Å². The lowest BCUT2D eigenvalue weighted by atomic mass is 10.1. The van der Waals surface area contributed by atoms with E-state index in [0.717, 1.165) is 37.2 Å². The first-order valence-corrected chi connectivity index (χ1v) is 9.70. The van der Waals surface area contributed by atoms with Crippen molar-refractivity contribution in [3.8, 4) is 0 Å². The van der Waals surface area contributed by atoms with Crippen LogP contribution in [0.5, 0.6) is 0 Å². The molecule has 2 amide bonds. The van der Waals surface area contributed by atoms with Gasteiger partial charge in [-0.3, -0.25) is 9.59 Å². The van der Waals surface area contributed by atoms with Gasteiger partial charge in [0.25, 0.3) is 0 Å². The van der Waals surface area contributed by atoms with Crippen LogP contribution in [0.4, 0.5) is 5.69 Å². The topological polar surface area (TPSA) is 79.5 Å². The second-order valence-electron chi connectivity index (χ2n) is 7.70. The Balaban J connectivity index is 1.31. The molecule has 2 unspecified atom stereocenters. The summed E-state index contributed by atoms with van der Waals surface area (Å²) in [5.74, 6) is 1.46. The van der Waals surface area contributed by atoms with Crippen molar-refractivity contribution >= 4 is 17.5 Å². The van der Waals surface area contributed by atoms with E-state index in [9.17, 15) is 9.59 Å². The number of nitrogens with zero attached hydrogens (tertiary/aromatic N) is 4. The second kappa shape index (κ2) is 6.48. The summed E-state index contributed by atoms with van der Waals surface area (Å²) < 4.78 is 5.47. The molecule has 2 aliphatic heterocycles. The number of likely N-dealkylation sites (tertiary alicyclic amines) is 1. The molecule has 2 saturated heterocycles. The molecule has 27 heavy (non-hydrogen) atoms. The summed E-state index contributed by atoms with van der Waals surface area (Å²) in [5, 5.41) is 4.09. The smallest absolute Gasteiger partial charge is 0.249 e. The van der Waals surface area contributed by atoms with Gasteiger partial charge in [0, 0.05) is 31.1 Å². The van der Waals surface area contributed by atoms with Crippen molar-refractivity contribution in [1.82, 2.24) is 15.0 Å². The number of carbonyl (C=O) groups is 2. The SMILES string of the molecule is O=C1CC(C(=O)N2CCCC2c2nc(C3CC3)no2)CN1c1ccccc1. The molecule has 7 nitrogen and oxygen atoms in total. The number of hydrogen-bond donors (Lipinski definition) is 0. The molecule has 3 heterocycles. The van der Waals surface area contributed by atoms with Crippen molar-refractivity contribution in [1.29, 1.82) is 0 Å². The van der Waals surface area contributed by atoms with Gasteiger partial charge in [0.1, 0.15) is 6.04 Å². The first-order chi connectivity index (χ1) is 13.2. The van der Waals surface area contributed by atoms with Crippen LogP contribution in [-0.4, -0.2) is 39.9 Å². The van der Waals surface area contributed by atoms with Gasteiger partial charge in [0.05, 0.1) is 5.92 Å². The normalized spacial score (nSPS) is 25.4. The molecule has 1 aromatic heterocycles. The van der Waals surface area contributed by atoms with E-state index < -0.39 is 0 Å². The Bertz CT molecular complexity index is 861. The fraction of sp³-hybridized carbons (Fsp3) is 0.500. The predicted molar refractivity (Wildman–Crippen MR) is 96.9 cm³/mol.